The van der Waals surface area contributed by atoms with Crippen molar-refractivity contribution in [2.75, 3.05) is 6.54 Å². The number of hydrogen-bond donors (Lipinski definition) is 1. The quantitative estimate of drug-likeness (QED) is 0.764. The van der Waals surface area contributed by atoms with E-state index in [1.807, 2.05) is 6.92 Å². The SMILES string of the molecule is C[C@@H]1CC[C@H](C(=O)N2CC(=O)N[C@@H]3CCCC[C@H]32)O1. The number of carbonyl (C=O) groups is 2. The van der Waals surface area contributed by atoms with Crippen LogP contribution in [-0.2, 0) is 14.3 Å². The maximum Gasteiger partial charge on any atom is 0.252 e. The maximum atomic E-state index is 12.6. The molecule has 3 rings (SSSR count). The molecular weight excluding hydrogens is 244 g/mol. The molecule has 1 aliphatic carbocycles. The Morgan fingerprint density at radius 2 is 2.05 bits per heavy atom. The largest absolute Gasteiger partial charge is 0.365 e. The van der Waals surface area contributed by atoms with Gasteiger partial charge in [-0.25, -0.2) is 0 Å². The van der Waals surface area contributed by atoms with E-state index in [-0.39, 0.29) is 42.7 Å². The minimum atomic E-state index is -0.330. The molecule has 2 heterocycles. The van der Waals surface area contributed by atoms with Crippen molar-refractivity contribution in [3.8, 4) is 0 Å². The summed E-state index contributed by atoms with van der Waals surface area (Å²) in [5.41, 5.74) is 0. The molecule has 5 nitrogen and oxygen atoms in total. The maximum absolute atomic E-state index is 12.6. The van der Waals surface area contributed by atoms with Crippen molar-refractivity contribution in [2.24, 2.45) is 0 Å². The number of hydrogen-bond acceptors (Lipinski definition) is 3. The Morgan fingerprint density at radius 3 is 2.79 bits per heavy atom. The predicted molar refractivity (Wildman–Crippen MR) is 69.5 cm³/mol. The number of ether oxygens (including phenoxy) is 1. The van der Waals surface area contributed by atoms with E-state index >= 15 is 0 Å². The third kappa shape index (κ3) is 2.48. The topological polar surface area (TPSA) is 58.6 Å². The van der Waals surface area contributed by atoms with E-state index in [1.165, 1.54) is 0 Å². The van der Waals surface area contributed by atoms with Crippen LogP contribution in [0.25, 0.3) is 0 Å². The molecule has 0 aromatic rings. The Balaban J connectivity index is 1.73. The first kappa shape index (κ1) is 12.9. The Morgan fingerprint density at radius 1 is 1.26 bits per heavy atom. The van der Waals surface area contributed by atoms with Crippen LogP contribution in [0, 0.1) is 0 Å². The van der Waals surface area contributed by atoms with Crippen LogP contribution >= 0.6 is 0 Å². The van der Waals surface area contributed by atoms with Gasteiger partial charge < -0.3 is 15.0 Å². The van der Waals surface area contributed by atoms with E-state index < -0.39 is 0 Å². The molecule has 0 aromatic heterocycles. The second-order valence-electron chi connectivity index (χ2n) is 6.00. The van der Waals surface area contributed by atoms with Crippen molar-refractivity contribution < 1.29 is 14.3 Å². The second kappa shape index (κ2) is 5.12. The summed E-state index contributed by atoms with van der Waals surface area (Å²) in [5, 5.41) is 3.03. The van der Waals surface area contributed by atoms with Gasteiger partial charge in [0.1, 0.15) is 6.10 Å². The zero-order valence-corrected chi connectivity index (χ0v) is 11.4. The Kier molecular flexibility index (Phi) is 3.48. The fourth-order valence-corrected chi connectivity index (χ4v) is 3.59. The highest BCUT2D eigenvalue weighted by Crippen LogP contribution is 2.28. The van der Waals surface area contributed by atoms with E-state index in [0.29, 0.717) is 0 Å². The average molecular weight is 266 g/mol. The van der Waals surface area contributed by atoms with E-state index in [1.54, 1.807) is 4.90 Å². The van der Waals surface area contributed by atoms with Gasteiger partial charge in [0, 0.05) is 6.04 Å². The summed E-state index contributed by atoms with van der Waals surface area (Å²) in [6, 6.07) is 0.330. The summed E-state index contributed by atoms with van der Waals surface area (Å²) >= 11 is 0. The Hall–Kier alpha value is -1.10. The normalized spacial score (nSPS) is 38.8. The van der Waals surface area contributed by atoms with Gasteiger partial charge in [0.15, 0.2) is 0 Å². The molecule has 2 aliphatic heterocycles. The molecule has 3 aliphatic rings. The fourth-order valence-electron chi connectivity index (χ4n) is 3.59. The molecule has 0 aromatic carbocycles. The van der Waals surface area contributed by atoms with Gasteiger partial charge in [0.2, 0.25) is 5.91 Å². The molecular formula is C14H22N2O3. The van der Waals surface area contributed by atoms with Crippen LogP contribution in [0.15, 0.2) is 0 Å². The Labute approximate surface area is 113 Å². The highest BCUT2D eigenvalue weighted by atomic mass is 16.5. The van der Waals surface area contributed by atoms with Gasteiger partial charge in [0.25, 0.3) is 5.91 Å². The van der Waals surface area contributed by atoms with Crippen LogP contribution in [0.2, 0.25) is 0 Å². The fraction of sp³-hybridized carbons (Fsp3) is 0.857. The second-order valence-corrected chi connectivity index (χ2v) is 6.00. The molecule has 1 saturated carbocycles. The molecule has 2 saturated heterocycles. The standard InChI is InChI=1S/C14H22N2O3/c1-9-6-7-12(19-9)14(18)16-8-13(17)15-10-4-2-3-5-11(10)16/h9-12H,2-8H2,1H3,(H,15,17)/t9-,10-,11-,12-/m1/s1. The van der Waals surface area contributed by atoms with E-state index in [0.717, 1.165) is 38.5 Å². The summed E-state index contributed by atoms with van der Waals surface area (Å²) in [4.78, 5) is 26.1. The highest BCUT2D eigenvalue weighted by molar-refractivity contribution is 5.89. The average Bonchev–Trinajstić information content (AvgIpc) is 2.83. The van der Waals surface area contributed by atoms with Crippen LogP contribution in [0.5, 0.6) is 0 Å². The molecule has 19 heavy (non-hydrogen) atoms. The van der Waals surface area contributed by atoms with E-state index in [4.69, 9.17) is 4.74 Å². The van der Waals surface area contributed by atoms with E-state index in [9.17, 15) is 9.59 Å². The summed E-state index contributed by atoms with van der Waals surface area (Å²) < 4.78 is 5.67. The molecule has 106 valence electrons. The zero-order valence-electron chi connectivity index (χ0n) is 11.4. The van der Waals surface area contributed by atoms with Crippen molar-refractivity contribution >= 4 is 11.8 Å². The first-order valence-corrected chi connectivity index (χ1v) is 7.40. The summed E-state index contributed by atoms with van der Waals surface area (Å²) in [6.07, 6.45) is 5.82. The molecule has 5 heteroatoms. The van der Waals surface area contributed by atoms with Crippen molar-refractivity contribution in [1.82, 2.24) is 10.2 Å². The van der Waals surface area contributed by atoms with Crippen molar-refractivity contribution in [3.63, 3.8) is 0 Å². The number of rotatable bonds is 1. The van der Waals surface area contributed by atoms with Crippen molar-refractivity contribution in [3.05, 3.63) is 0 Å². The van der Waals surface area contributed by atoms with E-state index in [2.05, 4.69) is 5.32 Å². The first-order chi connectivity index (χ1) is 9.15. The molecule has 0 bridgehead atoms. The predicted octanol–water partition coefficient (Wildman–Crippen LogP) is 0.823. The van der Waals surface area contributed by atoms with Gasteiger partial charge >= 0.3 is 0 Å². The monoisotopic (exact) mass is 266 g/mol. The van der Waals surface area contributed by atoms with Crippen LogP contribution in [0.1, 0.15) is 45.4 Å². The molecule has 0 unspecified atom stereocenters. The van der Waals surface area contributed by atoms with Gasteiger partial charge in [-0.1, -0.05) is 12.8 Å². The number of piperazine rings is 1. The molecule has 0 spiro atoms. The summed E-state index contributed by atoms with van der Waals surface area (Å²) in [7, 11) is 0. The minimum absolute atomic E-state index is 0.0242. The number of carbonyl (C=O) groups excluding carboxylic acids is 2. The van der Waals surface area contributed by atoms with Gasteiger partial charge in [-0.3, -0.25) is 9.59 Å². The lowest BCUT2D eigenvalue weighted by atomic mass is 9.87. The van der Waals surface area contributed by atoms with Gasteiger partial charge in [0.05, 0.1) is 18.7 Å². The zero-order chi connectivity index (χ0) is 13.4. The smallest absolute Gasteiger partial charge is 0.252 e. The molecule has 2 amide bonds. The van der Waals surface area contributed by atoms with Crippen molar-refractivity contribution in [2.45, 2.75) is 69.7 Å². The lowest BCUT2D eigenvalue weighted by Gasteiger charge is -2.44. The summed E-state index contributed by atoms with van der Waals surface area (Å²) in [5.74, 6) is -0.00125. The third-order valence-electron chi connectivity index (χ3n) is 4.58. The molecule has 1 N–H and O–H groups in total. The van der Waals surface area contributed by atoms with Crippen molar-refractivity contribution in [1.29, 1.82) is 0 Å². The number of nitrogens with one attached hydrogen (secondary N) is 1. The van der Waals surface area contributed by atoms with Crippen LogP contribution in [0.3, 0.4) is 0 Å². The number of fused-ring (bicyclic) bond motifs is 1. The summed E-state index contributed by atoms with van der Waals surface area (Å²) in [6.45, 7) is 2.20. The third-order valence-corrected chi connectivity index (χ3v) is 4.58. The van der Waals surface area contributed by atoms with Gasteiger partial charge in [-0.05, 0) is 32.6 Å². The lowest BCUT2D eigenvalue weighted by Crippen LogP contribution is -2.64. The first-order valence-electron chi connectivity index (χ1n) is 7.40. The van der Waals surface area contributed by atoms with Crippen LogP contribution in [-0.4, -0.2) is 47.6 Å². The number of nitrogens with zero attached hydrogens (tertiary/aromatic N) is 1. The number of amides is 2. The Bertz CT molecular complexity index is 385. The molecule has 3 fully saturated rings. The molecule has 4 atom stereocenters. The highest BCUT2D eigenvalue weighted by Gasteiger charge is 2.42. The molecule has 0 radical (unpaired) electrons. The van der Waals surface area contributed by atoms with Crippen LogP contribution < -0.4 is 5.32 Å². The lowest BCUT2D eigenvalue weighted by molar-refractivity contribution is -0.152. The van der Waals surface area contributed by atoms with Crippen LogP contribution in [0.4, 0.5) is 0 Å². The van der Waals surface area contributed by atoms with Gasteiger partial charge in [-0.15, -0.1) is 0 Å². The minimum Gasteiger partial charge on any atom is -0.365 e. The van der Waals surface area contributed by atoms with Gasteiger partial charge in [-0.2, -0.15) is 0 Å².